The van der Waals surface area contributed by atoms with E-state index in [0.717, 1.165) is 38.9 Å². The van der Waals surface area contributed by atoms with E-state index < -0.39 is 21.0 Å². The Balaban J connectivity index is 1.33. The number of non-ortho nitro benzene ring substituents is 1. The summed E-state index contributed by atoms with van der Waals surface area (Å²) in [4.78, 5) is 30.2. The van der Waals surface area contributed by atoms with E-state index in [-0.39, 0.29) is 22.0 Å². The first-order valence-electron chi connectivity index (χ1n) is 14.7. The molecule has 0 saturated carbocycles. The number of nitrogens with zero attached hydrogens (tertiary/aromatic N) is 4. The van der Waals surface area contributed by atoms with E-state index in [1.807, 2.05) is 18.2 Å². The van der Waals surface area contributed by atoms with Crippen LogP contribution in [0.3, 0.4) is 0 Å². The van der Waals surface area contributed by atoms with Gasteiger partial charge in [-0.1, -0.05) is 72.0 Å². The molecule has 0 amide bonds. The minimum atomic E-state index is -4.24. The molecule has 8 rings (SSSR count). The number of aryl methyl sites for hydroxylation is 1. The van der Waals surface area contributed by atoms with Crippen LogP contribution in [-0.2, 0) is 16.4 Å². The Kier molecular flexibility index (Phi) is 6.67. The highest BCUT2D eigenvalue weighted by Crippen LogP contribution is 2.41. The van der Waals surface area contributed by atoms with Gasteiger partial charge >= 0.3 is 0 Å². The van der Waals surface area contributed by atoms with Crippen LogP contribution in [0.4, 0.5) is 10.1 Å². The number of para-hydroxylation sites is 1. The van der Waals surface area contributed by atoms with Crippen molar-refractivity contribution in [2.24, 2.45) is 4.99 Å². The Hall–Kier alpha value is -5.46. The number of fused-ring (bicyclic) bond motifs is 4. The van der Waals surface area contributed by atoms with Crippen LogP contribution in [0, 0.1) is 15.9 Å². The number of aromatic nitrogens is 2. The Morgan fingerprint density at radius 2 is 1.72 bits per heavy atom. The molecular formula is C35H23FN4O5S2. The first-order chi connectivity index (χ1) is 22.7. The second-order valence-electron chi connectivity index (χ2n) is 11.3. The molecule has 0 saturated heterocycles. The van der Waals surface area contributed by atoms with E-state index in [9.17, 15) is 27.7 Å². The Morgan fingerprint density at radius 1 is 0.957 bits per heavy atom. The maximum Gasteiger partial charge on any atom is 0.271 e. The maximum absolute atomic E-state index is 14.2. The van der Waals surface area contributed by atoms with Crippen molar-refractivity contribution in [2.75, 3.05) is 0 Å². The topological polar surface area (TPSA) is 117 Å². The second kappa shape index (κ2) is 10.8. The lowest BCUT2D eigenvalue weighted by atomic mass is 9.83. The normalized spacial score (nSPS) is 16.0. The number of hydrogen-bond donors (Lipinski definition) is 0. The van der Waals surface area contributed by atoms with Gasteiger partial charge in [-0.25, -0.2) is 21.8 Å². The average Bonchev–Trinajstić information content (AvgIpc) is 3.61. The molecule has 9 nitrogen and oxygen atoms in total. The quantitative estimate of drug-likeness (QED) is 0.177. The summed E-state index contributed by atoms with van der Waals surface area (Å²) in [5.41, 5.74) is 4.93. The van der Waals surface area contributed by atoms with Gasteiger partial charge in [0, 0.05) is 34.8 Å². The van der Waals surface area contributed by atoms with Crippen molar-refractivity contribution in [3.8, 4) is 0 Å². The summed E-state index contributed by atoms with van der Waals surface area (Å²) in [5.74, 6) is -0.374. The van der Waals surface area contributed by atoms with Crippen molar-refractivity contribution in [3.05, 3.63) is 167 Å². The zero-order valence-electron chi connectivity index (χ0n) is 24.4. The molecule has 2 aromatic heterocycles. The van der Waals surface area contributed by atoms with Gasteiger partial charge in [-0.15, -0.1) is 0 Å². The number of nitro groups is 1. The van der Waals surface area contributed by atoms with Crippen LogP contribution < -0.4 is 14.9 Å². The number of thiazole rings is 1. The molecule has 0 spiro atoms. The SMILES string of the molecule is O=c1/c(=C\c2cn(S(=O)(=O)c3cccc([N+](=O)[O-])c3)c3ccccc23)sc2n1[C@H](c1ccc(F)cc1)C1=C(N=2)c2ccccc2CC1. The van der Waals surface area contributed by atoms with Gasteiger partial charge in [0.15, 0.2) is 4.80 Å². The monoisotopic (exact) mass is 662 g/mol. The number of benzene rings is 4. The molecule has 0 N–H and O–H groups in total. The molecule has 232 valence electrons. The molecule has 47 heavy (non-hydrogen) atoms. The van der Waals surface area contributed by atoms with Crippen molar-refractivity contribution in [1.29, 1.82) is 0 Å². The summed E-state index contributed by atoms with van der Waals surface area (Å²) in [7, 11) is -4.24. The van der Waals surface area contributed by atoms with Crippen LogP contribution in [-0.4, -0.2) is 21.9 Å². The van der Waals surface area contributed by atoms with Gasteiger partial charge in [0.25, 0.3) is 21.3 Å². The standard InChI is InChI=1S/C35H23FN4O5S2/c36-24-15-12-22(13-16-24)33-29-17-14-21-6-1-2-10-28(21)32(29)37-35-39(33)34(41)31(46-35)18-23-20-38(30-11-4-3-9-27(23)30)47(44,45)26-8-5-7-25(19-26)40(42)43/h1-13,15-16,18-20,33H,14,17H2/b31-18+/t33-/m1/s1. The van der Waals surface area contributed by atoms with Gasteiger partial charge in [0.1, 0.15) is 5.82 Å². The molecule has 0 fully saturated rings. The predicted octanol–water partition coefficient (Wildman–Crippen LogP) is 5.56. The van der Waals surface area contributed by atoms with Gasteiger partial charge < -0.3 is 0 Å². The smallest absolute Gasteiger partial charge is 0.271 e. The number of hydrogen-bond acceptors (Lipinski definition) is 7. The fraction of sp³-hybridized carbons (Fsp3) is 0.0857. The molecule has 0 radical (unpaired) electrons. The van der Waals surface area contributed by atoms with E-state index in [4.69, 9.17) is 4.99 Å². The van der Waals surface area contributed by atoms with Crippen LogP contribution in [0.5, 0.6) is 0 Å². The third-order valence-electron chi connectivity index (χ3n) is 8.64. The number of allylic oxidation sites excluding steroid dienone is 1. The van der Waals surface area contributed by atoms with Crippen molar-refractivity contribution >= 4 is 49.7 Å². The third kappa shape index (κ3) is 4.67. The van der Waals surface area contributed by atoms with E-state index in [2.05, 4.69) is 6.07 Å². The lowest BCUT2D eigenvalue weighted by Gasteiger charge is -2.30. The third-order valence-corrected chi connectivity index (χ3v) is 11.3. The molecule has 1 aliphatic carbocycles. The summed E-state index contributed by atoms with van der Waals surface area (Å²) >= 11 is 1.20. The highest BCUT2D eigenvalue weighted by molar-refractivity contribution is 7.90. The summed E-state index contributed by atoms with van der Waals surface area (Å²) in [6.45, 7) is 0. The van der Waals surface area contributed by atoms with Crippen LogP contribution in [0.25, 0.3) is 22.7 Å². The highest BCUT2D eigenvalue weighted by atomic mass is 32.2. The van der Waals surface area contributed by atoms with Crippen molar-refractivity contribution in [1.82, 2.24) is 8.54 Å². The molecule has 3 heterocycles. The molecule has 6 aromatic rings. The van der Waals surface area contributed by atoms with Crippen molar-refractivity contribution < 1.29 is 17.7 Å². The Bertz CT molecular complexity index is 2620. The van der Waals surface area contributed by atoms with Gasteiger partial charge in [-0.05, 0) is 59.9 Å². The minimum absolute atomic E-state index is 0.233. The Morgan fingerprint density at radius 3 is 2.53 bits per heavy atom. The van der Waals surface area contributed by atoms with Gasteiger partial charge in [0.2, 0.25) is 0 Å². The molecule has 0 unspecified atom stereocenters. The van der Waals surface area contributed by atoms with Crippen LogP contribution >= 0.6 is 11.3 Å². The van der Waals surface area contributed by atoms with Crippen LogP contribution in [0.1, 0.15) is 34.7 Å². The van der Waals surface area contributed by atoms with Crippen molar-refractivity contribution in [2.45, 2.75) is 23.8 Å². The van der Waals surface area contributed by atoms with E-state index >= 15 is 0 Å². The molecule has 0 bridgehead atoms. The number of halogens is 1. The first kappa shape index (κ1) is 29.0. The van der Waals surface area contributed by atoms with Gasteiger partial charge in [0.05, 0.1) is 31.6 Å². The zero-order chi connectivity index (χ0) is 32.4. The number of rotatable bonds is 5. The summed E-state index contributed by atoms with van der Waals surface area (Å²) in [6, 6.07) is 25.5. The Labute approximate surface area is 270 Å². The fourth-order valence-corrected chi connectivity index (χ4v) is 8.88. The average molecular weight is 663 g/mol. The van der Waals surface area contributed by atoms with Gasteiger partial charge in [-0.3, -0.25) is 19.5 Å². The molecule has 1 aliphatic heterocycles. The molecule has 1 atom stereocenters. The van der Waals surface area contributed by atoms with E-state index in [1.54, 1.807) is 47.0 Å². The van der Waals surface area contributed by atoms with Gasteiger partial charge in [-0.2, -0.15) is 0 Å². The molecule has 12 heteroatoms. The molecule has 2 aliphatic rings. The summed E-state index contributed by atoms with van der Waals surface area (Å²) in [6.07, 6.45) is 4.55. The van der Waals surface area contributed by atoms with Crippen LogP contribution in [0.2, 0.25) is 0 Å². The fourth-order valence-electron chi connectivity index (χ4n) is 6.47. The van der Waals surface area contributed by atoms with E-state index in [1.165, 1.54) is 53.4 Å². The van der Waals surface area contributed by atoms with Crippen molar-refractivity contribution in [3.63, 3.8) is 0 Å². The highest BCUT2D eigenvalue weighted by Gasteiger charge is 2.32. The second-order valence-corrected chi connectivity index (χ2v) is 14.1. The largest absolute Gasteiger partial charge is 0.272 e. The predicted molar refractivity (Wildman–Crippen MR) is 177 cm³/mol. The van der Waals surface area contributed by atoms with Crippen LogP contribution in [0.15, 0.2) is 124 Å². The lowest BCUT2D eigenvalue weighted by molar-refractivity contribution is -0.385. The zero-order valence-corrected chi connectivity index (χ0v) is 26.0. The number of nitro benzene ring substituents is 1. The lowest BCUT2D eigenvalue weighted by Crippen LogP contribution is -2.38. The maximum atomic E-state index is 14.2. The van der Waals surface area contributed by atoms with E-state index in [0.29, 0.717) is 32.2 Å². The summed E-state index contributed by atoms with van der Waals surface area (Å²) < 4.78 is 44.7. The molecule has 4 aromatic carbocycles. The summed E-state index contributed by atoms with van der Waals surface area (Å²) in [5, 5.41) is 11.9. The minimum Gasteiger partial charge on any atom is -0.272 e. The molecular weight excluding hydrogens is 640 g/mol. The first-order valence-corrected chi connectivity index (χ1v) is 16.9.